The topological polar surface area (TPSA) is 29.9 Å². The normalized spacial score (nSPS) is 12.7. The van der Waals surface area contributed by atoms with E-state index in [1.54, 1.807) is 12.1 Å². The van der Waals surface area contributed by atoms with Gasteiger partial charge in [0.05, 0.1) is 5.69 Å². The number of nitrogens with zero attached hydrogens (tertiary/aromatic N) is 2. The van der Waals surface area contributed by atoms with Crippen LogP contribution in [-0.4, -0.2) is 16.8 Å². The van der Waals surface area contributed by atoms with Crippen molar-refractivity contribution >= 4 is 11.6 Å². The SMILES string of the molecule is CNC(Cc1c(F)cccc1Cl)c1c(C)nn(C)c1C. The van der Waals surface area contributed by atoms with Gasteiger partial charge >= 0.3 is 0 Å². The molecule has 2 rings (SSSR count). The van der Waals surface area contributed by atoms with Crippen molar-refractivity contribution in [2.75, 3.05) is 7.05 Å². The Kier molecular flexibility index (Phi) is 4.45. The standard InChI is InChI=1S/C15H19ClFN3/c1-9-15(10(2)20(4)19-9)14(18-3)8-11-12(16)6-5-7-13(11)17/h5-7,14,18H,8H2,1-4H3. The molecular weight excluding hydrogens is 277 g/mol. The van der Waals surface area contributed by atoms with Crippen molar-refractivity contribution < 1.29 is 4.39 Å². The molecule has 0 fully saturated rings. The molecule has 0 amide bonds. The lowest BCUT2D eigenvalue weighted by molar-refractivity contribution is 0.550. The van der Waals surface area contributed by atoms with E-state index in [2.05, 4.69) is 10.4 Å². The summed E-state index contributed by atoms with van der Waals surface area (Å²) in [6.45, 7) is 3.98. The molecule has 0 saturated heterocycles. The molecule has 3 nitrogen and oxygen atoms in total. The second-order valence-corrected chi connectivity index (χ2v) is 5.36. The van der Waals surface area contributed by atoms with E-state index in [0.717, 1.165) is 17.0 Å². The van der Waals surface area contributed by atoms with Crippen molar-refractivity contribution in [3.05, 3.63) is 51.6 Å². The van der Waals surface area contributed by atoms with Crippen LogP contribution in [0.15, 0.2) is 18.2 Å². The lowest BCUT2D eigenvalue weighted by Crippen LogP contribution is -2.21. The maximum atomic E-state index is 13.9. The average Bonchev–Trinajstić information content (AvgIpc) is 2.64. The predicted octanol–water partition coefficient (Wildman–Crippen LogP) is 3.33. The third-order valence-electron chi connectivity index (χ3n) is 3.73. The Morgan fingerprint density at radius 3 is 2.60 bits per heavy atom. The first-order valence-corrected chi connectivity index (χ1v) is 6.93. The predicted molar refractivity (Wildman–Crippen MR) is 79.6 cm³/mol. The van der Waals surface area contributed by atoms with E-state index in [9.17, 15) is 4.39 Å². The third-order valence-corrected chi connectivity index (χ3v) is 4.09. The minimum absolute atomic E-state index is 0.0156. The highest BCUT2D eigenvalue weighted by molar-refractivity contribution is 6.31. The van der Waals surface area contributed by atoms with Crippen LogP contribution in [0.2, 0.25) is 5.02 Å². The number of hydrogen-bond donors (Lipinski definition) is 1. The van der Waals surface area contributed by atoms with E-state index in [-0.39, 0.29) is 11.9 Å². The zero-order chi connectivity index (χ0) is 14.9. The largest absolute Gasteiger partial charge is 0.313 e. The fourth-order valence-corrected chi connectivity index (χ4v) is 2.81. The number of aryl methyl sites for hydroxylation is 2. The molecule has 1 N–H and O–H groups in total. The summed E-state index contributed by atoms with van der Waals surface area (Å²) < 4.78 is 15.8. The molecule has 1 aromatic heterocycles. The Morgan fingerprint density at radius 2 is 2.10 bits per heavy atom. The van der Waals surface area contributed by atoms with Crippen molar-refractivity contribution in [2.45, 2.75) is 26.3 Å². The molecule has 1 aromatic carbocycles. The number of benzene rings is 1. The fraction of sp³-hybridized carbons (Fsp3) is 0.400. The average molecular weight is 296 g/mol. The van der Waals surface area contributed by atoms with Crippen LogP contribution in [0, 0.1) is 19.7 Å². The molecular formula is C15H19ClFN3. The van der Waals surface area contributed by atoms with E-state index in [0.29, 0.717) is 17.0 Å². The monoisotopic (exact) mass is 295 g/mol. The van der Waals surface area contributed by atoms with Gasteiger partial charge in [-0.1, -0.05) is 17.7 Å². The molecule has 108 valence electrons. The van der Waals surface area contributed by atoms with E-state index in [4.69, 9.17) is 11.6 Å². The first-order valence-electron chi connectivity index (χ1n) is 6.56. The Morgan fingerprint density at radius 1 is 1.40 bits per heavy atom. The first kappa shape index (κ1) is 15.0. The minimum atomic E-state index is -0.267. The summed E-state index contributed by atoms with van der Waals surface area (Å²) in [7, 11) is 3.78. The molecule has 20 heavy (non-hydrogen) atoms. The highest BCUT2D eigenvalue weighted by Gasteiger charge is 2.21. The molecule has 1 heterocycles. The van der Waals surface area contributed by atoms with Crippen molar-refractivity contribution in [1.82, 2.24) is 15.1 Å². The molecule has 0 bridgehead atoms. The molecule has 1 atom stereocenters. The molecule has 0 aliphatic heterocycles. The summed E-state index contributed by atoms with van der Waals surface area (Å²) >= 11 is 6.11. The lowest BCUT2D eigenvalue weighted by atomic mass is 9.97. The van der Waals surface area contributed by atoms with Gasteiger partial charge < -0.3 is 5.32 Å². The number of aromatic nitrogens is 2. The highest BCUT2D eigenvalue weighted by Crippen LogP contribution is 2.28. The van der Waals surface area contributed by atoms with E-state index in [1.165, 1.54) is 6.07 Å². The number of rotatable bonds is 4. The number of hydrogen-bond acceptors (Lipinski definition) is 2. The van der Waals surface area contributed by atoms with Crippen molar-refractivity contribution in [2.24, 2.45) is 7.05 Å². The number of nitrogens with one attached hydrogen (secondary N) is 1. The molecule has 0 radical (unpaired) electrons. The smallest absolute Gasteiger partial charge is 0.127 e. The molecule has 0 aliphatic rings. The molecule has 2 aromatic rings. The Hall–Kier alpha value is -1.39. The maximum Gasteiger partial charge on any atom is 0.127 e. The van der Waals surface area contributed by atoms with Gasteiger partial charge in [0.1, 0.15) is 5.82 Å². The van der Waals surface area contributed by atoms with Crippen LogP contribution in [0.1, 0.15) is 28.6 Å². The van der Waals surface area contributed by atoms with Gasteiger partial charge in [0, 0.05) is 34.9 Å². The molecule has 0 saturated carbocycles. The molecule has 5 heteroatoms. The summed E-state index contributed by atoms with van der Waals surface area (Å²) in [5, 5.41) is 8.12. The maximum absolute atomic E-state index is 13.9. The van der Waals surface area contributed by atoms with Gasteiger partial charge in [-0.15, -0.1) is 0 Å². The number of likely N-dealkylation sites (N-methyl/N-ethyl adjacent to an activating group) is 1. The van der Waals surface area contributed by atoms with Crippen LogP contribution in [0.5, 0.6) is 0 Å². The van der Waals surface area contributed by atoms with Crippen molar-refractivity contribution in [3.8, 4) is 0 Å². The van der Waals surface area contributed by atoms with Gasteiger partial charge in [0.15, 0.2) is 0 Å². The Labute approximate surface area is 123 Å². The van der Waals surface area contributed by atoms with Crippen LogP contribution in [-0.2, 0) is 13.5 Å². The molecule has 1 unspecified atom stereocenters. The van der Waals surface area contributed by atoms with Crippen LogP contribution in [0.25, 0.3) is 0 Å². The highest BCUT2D eigenvalue weighted by atomic mass is 35.5. The van der Waals surface area contributed by atoms with Crippen molar-refractivity contribution in [1.29, 1.82) is 0 Å². The first-order chi connectivity index (χ1) is 9.45. The Balaban J connectivity index is 2.39. The number of halogens is 2. The van der Waals surface area contributed by atoms with Gasteiger partial charge in [-0.05, 0) is 39.4 Å². The Bertz CT molecular complexity index is 602. The van der Waals surface area contributed by atoms with Crippen LogP contribution >= 0.6 is 11.6 Å². The zero-order valence-electron chi connectivity index (χ0n) is 12.2. The van der Waals surface area contributed by atoms with Gasteiger partial charge in [-0.3, -0.25) is 4.68 Å². The van der Waals surface area contributed by atoms with Gasteiger partial charge in [0.25, 0.3) is 0 Å². The fourth-order valence-electron chi connectivity index (χ4n) is 2.57. The minimum Gasteiger partial charge on any atom is -0.313 e. The summed E-state index contributed by atoms with van der Waals surface area (Å²) in [5.41, 5.74) is 3.68. The van der Waals surface area contributed by atoms with Crippen LogP contribution in [0.4, 0.5) is 4.39 Å². The van der Waals surface area contributed by atoms with E-state index in [1.807, 2.05) is 32.6 Å². The summed E-state index contributed by atoms with van der Waals surface area (Å²) in [6, 6.07) is 4.76. The quantitative estimate of drug-likeness (QED) is 0.937. The van der Waals surface area contributed by atoms with Crippen molar-refractivity contribution in [3.63, 3.8) is 0 Å². The van der Waals surface area contributed by atoms with Gasteiger partial charge in [0.2, 0.25) is 0 Å². The van der Waals surface area contributed by atoms with E-state index < -0.39 is 0 Å². The van der Waals surface area contributed by atoms with Crippen LogP contribution in [0.3, 0.4) is 0 Å². The van der Waals surface area contributed by atoms with E-state index >= 15 is 0 Å². The summed E-state index contributed by atoms with van der Waals surface area (Å²) in [6.07, 6.45) is 0.495. The summed E-state index contributed by atoms with van der Waals surface area (Å²) in [5.74, 6) is -0.267. The third kappa shape index (κ3) is 2.72. The molecule has 0 spiro atoms. The second kappa shape index (κ2) is 5.94. The molecule has 0 aliphatic carbocycles. The zero-order valence-corrected chi connectivity index (χ0v) is 12.9. The second-order valence-electron chi connectivity index (χ2n) is 4.95. The summed E-state index contributed by atoms with van der Waals surface area (Å²) in [4.78, 5) is 0. The van der Waals surface area contributed by atoms with Crippen LogP contribution < -0.4 is 5.32 Å². The van der Waals surface area contributed by atoms with Gasteiger partial charge in [-0.2, -0.15) is 5.10 Å². The lowest BCUT2D eigenvalue weighted by Gasteiger charge is -2.18. The van der Waals surface area contributed by atoms with Gasteiger partial charge in [-0.25, -0.2) is 4.39 Å².